The van der Waals surface area contributed by atoms with E-state index in [2.05, 4.69) is 15.0 Å². The fraction of sp³-hybridized carbons (Fsp3) is 0.167. The number of pyridine rings is 1. The van der Waals surface area contributed by atoms with E-state index in [0.29, 0.717) is 18.0 Å². The van der Waals surface area contributed by atoms with Gasteiger partial charge in [-0.2, -0.15) is 4.98 Å². The minimum atomic E-state index is -0.642. The number of fused-ring (bicyclic) bond motifs is 2. The third-order valence-corrected chi connectivity index (χ3v) is 4.36. The molecule has 0 atom stereocenters. The van der Waals surface area contributed by atoms with Crippen LogP contribution in [0.5, 0.6) is 0 Å². The Balaban J connectivity index is 2.19. The van der Waals surface area contributed by atoms with E-state index in [-0.39, 0.29) is 22.3 Å². The molecule has 8 nitrogen and oxygen atoms in total. The second kappa shape index (κ2) is 5.76. The lowest BCUT2D eigenvalue weighted by molar-refractivity contribution is 0.720. The van der Waals surface area contributed by atoms with Gasteiger partial charge in [0.2, 0.25) is 0 Å². The van der Waals surface area contributed by atoms with Crippen molar-refractivity contribution in [3.63, 3.8) is 0 Å². The van der Waals surface area contributed by atoms with Crippen LogP contribution in [0.4, 0.5) is 0 Å². The summed E-state index contributed by atoms with van der Waals surface area (Å²) < 4.78 is 2.54. The van der Waals surface area contributed by atoms with Crippen molar-refractivity contribution in [2.24, 2.45) is 7.05 Å². The van der Waals surface area contributed by atoms with Crippen molar-refractivity contribution in [3.05, 3.63) is 67.6 Å². The summed E-state index contributed by atoms with van der Waals surface area (Å²) in [6.45, 7) is 2.24. The highest BCUT2D eigenvalue weighted by molar-refractivity contribution is 5.83. The Labute approximate surface area is 146 Å². The molecule has 3 heterocycles. The Hall–Kier alpha value is -3.55. The van der Waals surface area contributed by atoms with E-state index in [9.17, 15) is 14.4 Å². The van der Waals surface area contributed by atoms with Crippen LogP contribution in [0.15, 0.2) is 50.8 Å². The van der Waals surface area contributed by atoms with Crippen LogP contribution < -0.4 is 16.8 Å². The van der Waals surface area contributed by atoms with Gasteiger partial charge in [0.15, 0.2) is 5.82 Å². The second-order valence-electron chi connectivity index (χ2n) is 5.90. The highest BCUT2D eigenvalue weighted by atomic mass is 16.2. The Kier molecular flexibility index (Phi) is 3.54. The van der Waals surface area contributed by atoms with Crippen LogP contribution in [-0.4, -0.2) is 24.1 Å². The Bertz CT molecular complexity index is 1280. The fourth-order valence-corrected chi connectivity index (χ4v) is 3.00. The van der Waals surface area contributed by atoms with E-state index in [1.165, 1.54) is 13.1 Å². The molecular weight excluding hydrogens is 334 g/mol. The zero-order valence-electron chi connectivity index (χ0n) is 14.2. The molecule has 2 aliphatic rings. The molecule has 130 valence electrons. The molecule has 1 aromatic heterocycles. The number of aromatic nitrogens is 5. The van der Waals surface area contributed by atoms with Gasteiger partial charge in [-0.05, 0) is 13.0 Å². The number of nitrogens with one attached hydrogen (secondary N) is 1. The predicted molar refractivity (Wildman–Crippen MR) is 97.4 cm³/mol. The molecule has 0 aliphatic carbocycles. The largest absolute Gasteiger partial charge is 0.352 e. The molecule has 1 aromatic carbocycles. The second-order valence-corrected chi connectivity index (χ2v) is 5.90. The first-order valence-electron chi connectivity index (χ1n) is 8.11. The van der Waals surface area contributed by atoms with Gasteiger partial charge in [0, 0.05) is 19.2 Å². The van der Waals surface area contributed by atoms with Crippen molar-refractivity contribution in [2.45, 2.75) is 13.5 Å². The molecule has 0 fully saturated rings. The number of H-pyrrole nitrogens is 1. The molecule has 0 amide bonds. The van der Waals surface area contributed by atoms with Crippen molar-refractivity contribution < 1.29 is 0 Å². The molecule has 0 bridgehead atoms. The van der Waals surface area contributed by atoms with Gasteiger partial charge in [0.1, 0.15) is 11.5 Å². The van der Waals surface area contributed by atoms with Gasteiger partial charge in [-0.1, -0.05) is 30.3 Å². The third-order valence-electron chi connectivity index (χ3n) is 4.36. The van der Waals surface area contributed by atoms with Gasteiger partial charge < -0.3 is 9.55 Å². The summed E-state index contributed by atoms with van der Waals surface area (Å²) in [7, 11) is 1.36. The van der Waals surface area contributed by atoms with Gasteiger partial charge in [-0.25, -0.2) is 9.78 Å². The molecule has 0 saturated carbocycles. The van der Waals surface area contributed by atoms with Gasteiger partial charge in [0.05, 0.1) is 10.9 Å². The molecule has 8 heteroatoms. The smallest absolute Gasteiger partial charge is 0.310 e. The third kappa shape index (κ3) is 2.26. The van der Waals surface area contributed by atoms with Gasteiger partial charge in [-0.3, -0.25) is 14.2 Å². The minimum absolute atomic E-state index is 0.209. The molecule has 1 N–H and O–H groups in total. The summed E-state index contributed by atoms with van der Waals surface area (Å²) in [5.74, 6) is 0.640. The SMILES string of the molecule is CCn1c2nc(=O)n(C)c(=O)c-2cc2c(=O)[nH]c(-c3ccccc3)nc21. The van der Waals surface area contributed by atoms with Gasteiger partial charge in [-0.15, -0.1) is 0 Å². The number of benzene rings is 1. The van der Waals surface area contributed by atoms with Crippen molar-refractivity contribution in [1.29, 1.82) is 0 Å². The molecule has 4 rings (SSSR count). The fourth-order valence-electron chi connectivity index (χ4n) is 3.00. The summed E-state index contributed by atoms with van der Waals surface area (Å²) in [6, 6.07) is 10.7. The molecule has 0 unspecified atom stereocenters. The van der Waals surface area contributed by atoms with Gasteiger partial charge in [0.25, 0.3) is 11.1 Å². The molecule has 26 heavy (non-hydrogen) atoms. The van der Waals surface area contributed by atoms with E-state index < -0.39 is 11.2 Å². The predicted octanol–water partition coefficient (Wildman–Crippen LogP) is 0.970. The standard InChI is InChI=1S/C18H15N5O3/c1-3-23-14-11(9-12-15(23)21-18(26)22(2)17(12)25)16(24)20-13(19-14)10-7-5-4-6-8-10/h4-9H,3H2,1-2H3,(H,19,20,24). The Morgan fingerprint density at radius 3 is 2.50 bits per heavy atom. The Morgan fingerprint density at radius 1 is 1.08 bits per heavy atom. The first kappa shape index (κ1) is 15.9. The van der Waals surface area contributed by atoms with Crippen LogP contribution in [-0.2, 0) is 13.6 Å². The van der Waals surface area contributed by atoms with E-state index in [4.69, 9.17) is 0 Å². The van der Waals surface area contributed by atoms with Crippen molar-refractivity contribution in [3.8, 4) is 22.8 Å². The molecule has 0 spiro atoms. The van der Waals surface area contributed by atoms with Crippen molar-refractivity contribution in [1.82, 2.24) is 24.1 Å². The molecule has 0 saturated heterocycles. The topological polar surface area (TPSA) is 103 Å². The maximum Gasteiger partial charge on any atom is 0.352 e. The summed E-state index contributed by atoms with van der Waals surface area (Å²) in [5, 5.41) is 0.275. The normalized spacial score (nSPS) is 11.3. The van der Waals surface area contributed by atoms with E-state index in [1.807, 2.05) is 37.3 Å². The lowest BCUT2D eigenvalue weighted by atomic mass is 10.1. The Morgan fingerprint density at radius 2 is 1.81 bits per heavy atom. The van der Waals surface area contributed by atoms with E-state index in [0.717, 1.165) is 10.1 Å². The molecular formula is C18H15N5O3. The van der Waals surface area contributed by atoms with Crippen LogP contribution in [0.1, 0.15) is 6.92 Å². The summed E-state index contributed by atoms with van der Waals surface area (Å²) in [4.78, 5) is 48.4. The number of hydrogen-bond acceptors (Lipinski definition) is 5. The molecule has 2 aliphatic heterocycles. The molecule has 0 radical (unpaired) electrons. The first-order valence-corrected chi connectivity index (χ1v) is 8.11. The van der Waals surface area contributed by atoms with Crippen molar-refractivity contribution in [2.75, 3.05) is 0 Å². The minimum Gasteiger partial charge on any atom is -0.310 e. The van der Waals surface area contributed by atoms with Crippen LogP contribution >= 0.6 is 0 Å². The number of aryl methyl sites for hydroxylation is 1. The number of nitrogens with zero attached hydrogens (tertiary/aromatic N) is 4. The number of rotatable bonds is 2. The van der Waals surface area contributed by atoms with E-state index >= 15 is 0 Å². The maximum absolute atomic E-state index is 12.6. The van der Waals surface area contributed by atoms with Gasteiger partial charge >= 0.3 is 5.69 Å². The van der Waals surface area contributed by atoms with Crippen molar-refractivity contribution >= 4 is 11.0 Å². The number of aromatic amines is 1. The summed E-state index contributed by atoms with van der Waals surface area (Å²) in [5.41, 5.74) is -0.140. The van der Waals surface area contributed by atoms with Crippen LogP contribution in [0.3, 0.4) is 0 Å². The lowest BCUT2D eigenvalue weighted by Crippen LogP contribution is -2.36. The maximum atomic E-state index is 12.6. The average molecular weight is 349 g/mol. The summed E-state index contributed by atoms with van der Waals surface area (Å²) >= 11 is 0. The highest BCUT2D eigenvalue weighted by Gasteiger charge is 2.20. The monoisotopic (exact) mass is 349 g/mol. The summed E-state index contributed by atoms with van der Waals surface area (Å²) in [6.07, 6.45) is 0. The zero-order valence-corrected chi connectivity index (χ0v) is 14.2. The van der Waals surface area contributed by atoms with Crippen LogP contribution in [0.2, 0.25) is 0 Å². The number of hydrogen-bond donors (Lipinski definition) is 1. The highest BCUT2D eigenvalue weighted by Crippen LogP contribution is 2.22. The first-order chi connectivity index (χ1) is 12.5. The van der Waals surface area contributed by atoms with Crippen LogP contribution in [0, 0.1) is 0 Å². The quantitative estimate of drug-likeness (QED) is 0.543. The van der Waals surface area contributed by atoms with Crippen LogP contribution in [0.25, 0.3) is 33.8 Å². The average Bonchev–Trinajstić information content (AvgIpc) is 2.66. The lowest BCUT2D eigenvalue weighted by Gasteiger charge is -2.16. The van der Waals surface area contributed by atoms with E-state index in [1.54, 1.807) is 4.57 Å². The zero-order chi connectivity index (χ0) is 18.4. The molecule has 2 aromatic rings.